The molecule has 0 atom stereocenters. The second-order valence-corrected chi connectivity index (χ2v) is 6.95. The summed E-state index contributed by atoms with van der Waals surface area (Å²) < 4.78 is 1.80. The van der Waals surface area contributed by atoms with Crippen LogP contribution in [0.1, 0.15) is 32.9 Å². The highest BCUT2D eigenvalue weighted by Crippen LogP contribution is 2.25. The molecule has 2 aromatic carbocycles. The Hall–Kier alpha value is -3.47. The van der Waals surface area contributed by atoms with Gasteiger partial charge in [0.25, 0.3) is 5.91 Å². The molecule has 0 aliphatic heterocycles. The molecule has 0 aliphatic rings. The number of benzene rings is 2. The Morgan fingerprint density at radius 2 is 1.71 bits per heavy atom. The highest BCUT2D eigenvalue weighted by molar-refractivity contribution is 6.06. The molecular weight excluding hydrogens is 348 g/mol. The Bertz CT molecular complexity index is 1160. The largest absolute Gasteiger partial charge is 0.348 e. The molecule has 4 aromatic rings. The van der Waals surface area contributed by atoms with Crippen molar-refractivity contribution in [3.63, 3.8) is 0 Å². The predicted octanol–water partition coefficient (Wildman–Crippen LogP) is 4.28. The van der Waals surface area contributed by atoms with Crippen LogP contribution in [0.3, 0.4) is 0 Å². The minimum Gasteiger partial charge on any atom is -0.348 e. The zero-order chi connectivity index (χ0) is 19.7. The first-order valence-corrected chi connectivity index (χ1v) is 9.29. The highest BCUT2D eigenvalue weighted by Gasteiger charge is 2.19. The van der Waals surface area contributed by atoms with E-state index in [0.717, 1.165) is 33.6 Å². The van der Waals surface area contributed by atoms with Gasteiger partial charge in [-0.25, -0.2) is 9.67 Å². The molecule has 0 saturated heterocycles. The number of carbonyl (C=O) groups is 1. The Labute approximate surface area is 164 Å². The minimum atomic E-state index is -0.116. The molecule has 2 heterocycles. The Kier molecular flexibility index (Phi) is 4.65. The maximum Gasteiger partial charge on any atom is 0.252 e. The van der Waals surface area contributed by atoms with Crippen LogP contribution in [0.2, 0.25) is 0 Å². The van der Waals surface area contributed by atoms with Gasteiger partial charge in [0.1, 0.15) is 0 Å². The van der Waals surface area contributed by atoms with E-state index in [1.807, 2.05) is 81.4 Å². The van der Waals surface area contributed by atoms with Crippen molar-refractivity contribution >= 4 is 16.9 Å². The molecule has 0 radical (unpaired) electrons. The van der Waals surface area contributed by atoms with Crippen molar-refractivity contribution in [1.82, 2.24) is 20.1 Å². The summed E-state index contributed by atoms with van der Waals surface area (Å²) in [6.45, 7) is 6.34. The van der Waals surface area contributed by atoms with Crippen molar-refractivity contribution in [1.29, 1.82) is 0 Å². The van der Waals surface area contributed by atoms with Crippen LogP contribution in [0.5, 0.6) is 0 Å². The van der Waals surface area contributed by atoms with Crippen molar-refractivity contribution in [2.75, 3.05) is 0 Å². The van der Waals surface area contributed by atoms with Gasteiger partial charge in [-0.15, -0.1) is 0 Å². The van der Waals surface area contributed by atoms with Crippen LogP contribution in [0.25, 0.3) is 16.7 Å². The zero-order valence-corrected chi connectivity index (χ0v) is 16.2. The number of fused-ring (bicyclic) bond motifs is 1. The summed E-state index contributed by atoms with van der Waals surface area (Å²) in [5.74, 6) is -0.116. The maximum atomic E-state index is 13.0. The fourth-order valence-electron chi connectivity index (χ4n) is 3.42. The maximum absolute atomic E-state index is 13.0. The minimum absolute atomic E-state index is 0.116. The number of nitrogens with one attached hydrogen (secondary N) is 1. The fraction of sp³-hybridized carbons (Fsp3) is 0.174. The van der Waals surface area contributed by atoms with E-state index in [0.29, 0.717) is 17.8 Å². The van der Waals surface area contributed by atoms with E-state index in [2.05, 4.69) is 15.4 Å². The van der Waals surface area contributed by atoms with Gasteiger partial charge in [-0.05, 0) is 50.1 Å². The third-order valence-corrected chi connectivity index (χ3v) is 4.89. The van der Waals surface area contributed by atoms with Gasteiger partial charge in [-0.2, -0.15) is 5.10 Å². The quantitative estimate of drug-likeness (QED) is 0.583. The van der Waals surface area contributed by atoms with E-state index >= 15 is 0 Å². The summed E-state index contributed by atoms with van der Waals surface area (Å²) in [6.07, 6.45) is 0. The lowest BCUT2D eigenvalue weighted by atomic mass is 10.1. The van der Waals surface area contributed by atoms with Gasteiger partial charge in [-0.3, -0.25) is 4.79 Å². The first kappa shape index (κ1) is 17.9. The number of hydrogen-bond donors (Lipinski definition) is 1. The van der Waals surface area contributed by atoms with Crippen LogP contribution in [0.4, 0.5) is 0 Å². The summed E-state index contributed by atoms with van der Waals surface area (Å²) in [7, 11) is 0. The molecule has 0 fully saturated rings. The van der Waals surface area contributed by atoms with E-state index in [-0.39, 0.29) is 5.91 Å². The Balaban J connectivity index is 1.74. The monoisotopic (exact) mass is 370 g/mol. The number of pyridine rings is 1. The third kappa shape index (κ3) is 3.27. The van der Waals surface area contributed by atoms with Gasteiger partial charge in [-0.1, -0.05) is 42.5 Å². The lowest BCUT2D eigenvalue weighted by molar-refractivity contribution is 0.0952. The fourth-order valence-corrected chi connectivity index (χ4v) is 3.42. The number of carbonyl (C=O) groups excluding carboxylic acids is 1. The Morgan fingerprint density at radius 1 is 1.00 bits per heavy atom. The zero-order valence-electron chi connectivity index (χ0n) is 16.2. The van der Waals surface area contributed by atoms with E-state index in [1.165, 1.54) is 0 Å². The van der Waals surface area contributed by atoms with Crippen LogP contribution in [-0.4, -0.2) is 20.7 Å². The number of aryl methyl sites for hydroxylation is 3. The van der Waals surface area contributed by atoms with E-state index < -0.39 is 0 Å². The van der Waals surface area contributed by atoms with Gasteiger partial charge >= 0.3 is 0 Å². The topological polar surface area (TPSA) is 59.8 Å². The van der Waals surface area contributed by atoms with Gasteiger partial charge in [0, 0.05) is 12.2 Å². The predicted molar refractivity (Wildman–Crippen MR) is 111 cm³/mol. The van der Waals surface area contributed by atoms with E-state index in [9.17, 15) is 4.79 Å². The summed E-state index contributed by atoms with van der Waals surface area (Å²) in [6, 6.07) is 19.7. The molecule has 28 heavy (non-hydrogen) atoms. The van der Waals surface area contributed by atoms with Gasteiger partial charge in [0.15, 0.2) is 5.65 Å². The smallest absolute Gasteiger partial charge is 0.252 e. The SMILES string of the molecule is Cc1cc(C(=O)NCc2ccccc2C)c2c(C)nn(-c3ccccc3)c2n1. The molecule has 5 heteroatoms. The number of aromatic nitrogens is 3. The van der Waals surface area contributed by atoms with Crippen molar-refractivity contribution < 1.29 is 4.79 Å². The molecule has 0 saturated carbocycles. The number of nitrogens with zero attached hydrogens (tertiary/aromatic N) is 3. The molecule has 0 spiro atoms. The molecule has 0 unspecified atom stereocenters. The number of para-hydroxylation sites is 1. The van der Waals surface area contributed by atoms with Gasteiger partial charge in [0.05, 0.1) is 22.3 Å². The summed E-state index contributed by atoms with van der Waals surface area (Å²) in [5, 5.41) is 8.49. The first-order valence-electron chi connectivity index (χ1n) is 9.29. The number of rotatable bonds is 4. The standard InChI is InChI=1S/C23H22N4O/c1-15-9-7-8-10-18(15)14-24-23(28)20-13-16(2)25-22-21(20)17(3)26-27(22)19-11-5-4-6-12-19/h4-13H,14H2,1-3H3,(H,24,28). The van der Waals surface area contributed by atoms with Crippen LogP contribution in [0, 0.1) is 20.8 Å². The van der Waals surface area contributed by atoms with Crippen LogP contribution in [0.15, 0.2) is 60.7 Å². The molecule has 5 nitrogen and oxygen atoms in total. The second kappa shape index (κ2) is 7.27. The second-order valence-electron chi connectivity index (χ2n) is 6.95. The van der Waals surface area contributed by atoms with Crippen molar-refractivity contribution in [3.8, 4) is 5.69 Å². The van der Waals surface area contributed by atoms with Gasteiger partial charge < -0.3 is 5.32 Å². The molecular formula is C23H22N4O. The normalized spacial score (nSPS) is 11.0. The molecule has 2 aromatic heterocycles. The molecule has 0 bridgehead atoms. The average Bonchev–Trinajstić information content (AvgIpc) is 3.03. The summed E-state index contributed by atoms with van der Waals surface area (Å²) >= 11 is 0. The number of amides is 1. The van der Waals surface area contributed by atoms with E-state index in [4.69, 9.17) is 0 Å². The van der Waals surface area contributed by atoms with Crippen molar-refractivity contribution in [2.45, 2.75) is 27.3 Å². The third-order valence-electron chi connectivity index (χ3n) is 4.89. The van der Waals surface area contributed by atoms with Crippen LogP contribution in [-0.2, 0) is 6.54 Å². The lowest BCUT2D eigenvalue weighted by Crippen LogP contribution is -2.23. The van der Waals surface area contributed by atoms with Crippen LogP contribution < -0.4 is 5.32 Å². The molecule has 4 rings (SSSR count). The average molecular weight is 370 g/mol. The highest BCUT2D eigenvalue weighted by atomic mass is 16.1. The molecule has 0 aliphatic carbocycles. The van der Waals surface area contributed by atoms with Crippen molar-refractivity contribution in [2.24, 2.45) is 0 Å². The summed E-state index contributed by atoms with van der Waals surface area (Å²) in [4.78, 5) is 17.7. The molecule has 1 amide bonds. The first-order chi connectivity index (χ1) is 13.5. The van der Waals surface area contributed by atoms with Crippen molar-refractivity contribution in [3.05, 3.63) is 88.7 Å². The molecule has 140 valence electrons. The Morgan fingerprint density at radius 3 is 2.46 bits per heavy atom. The van der Waals surface area contributed by atoms with Gasteiger partial charge in [0.2, 0.25) is 0 Å². The van der Waals surface area contributed by atoms with Crippen LogP contribution >= 0.6 is 0 Å². The molecule has 1 N–H and O–H groups in total. The summed E-state index contributed by atoms with van der Waals surface area (Å²) in [5.41, 5.74) is 6.06. The lowest BCUT2D eigenvalue weighted by Gasteiger charge is -2.10. The number of hydrogen-bond acceptors (Lipinski definition) is 3. The van der Waals surface area contributed by atoms with E-state index in [1.54, 1.807) is 4.68 Å².